The molecule has 2 fully saturated rings. The number of Topliss-reactive ketones (excluding diaryl/α,β-unsaturated/α-hetero) is 1. The van der Waals surface area contributed by atoms with Gasteiger partial charge in [0.1, 0.15) is 0 Å². The standard InChI is InChI=1S/C23H19N3O5/c1-12-16(8-5-9-17(12)26(30)31)25-22(28)18-19(23(25)29)21-15-7-4-3-6-14(15)10-11-24(21)20(18)13(2)27/h3-11,18-21H,1-2H3. The third-order valence-electron chi connectivity index (χ3n) is 6.59. The lowest BCUT2D eigenvalue weighted by Crippen LogP contribution is -2.43. The van der Waals surface area contributed by atoms with Crippen LogP contribution in [0.25, 0.3) is 6.08 Å². The number of imide groups is 1. The summed E-state index contributed by atoms with van der Waals surface area (Å²) in [6.45, 7) is 2.95. The van der Waals surface area contributed by atoms with Crippen LogP contribution in [0.1, 0.15) is 29.7 Å². The van der Waals surface area contributed by atoms with Crippen LogP contribution in [0.4, 0.5) is 11.4 Å². The molecule has 2 aromatic rings. The minimum absolute atomic E-state index is 0.161. The minimum atomic E-state index is -0.843. The minimum Gasteiger partial charge on any atom is -0.359 e. The van der Waals surface area contributed by atoms with Crippen LogP contribution in [0.3, 0.4) is 0 Å². The molecule has 31 heavy (non-hydrogen) atoms. The van der Waals surface area contributed by atoms with Gasteiger partial charge in [0.15, 0.2) is 5.78 Å². The molecule has 0 saturated carbocycles. The Labute approximate surface area is 177 Å². The van der Waals surface area contributed by atoms with Crippen molar-refractivity contribution in [2.75, 3.05) is 4.90 Å². The average Bonchev–Trinajstić information content (AvgIpc) is 3.21. The summed E-state index contributed by atoms with van der Waals surface area (Å²) in [4.78, 5) is 53.5. The van der Waals surface area contributed by atoms with Crippen LogP contribution in [0.5, 0.6) is 0 Å². The van der Waals surface area contributed by atoms with Crippen LogP contribution in [-0.4, -0.2) is 33.5 Å². The number of hydrogen-bond donors (Lipinski definition) is 0. The second-order valence-electron chi connectivity index (χ2n) is 8.13. The van der Waals surface area contributed by atoms with Crippen molar-refractivity contribution in [3.63, 3.8) is 0 Å². The molecule has 2 saturated heterocycles. The third kappa shape index (κ3) is 2.51. The molecule has 0 aromatic heterocycles. The zero-order valence-electron chi connectivity index (χ0n) is 16.9. The molecular formula is C23H19N3O5. The lowest BCUT2D eigenvalue weighted by Gasteiger charge is -2.35. The molecule has 2 amide bonds. The maximum Gasteiger partial charge on any atom is 0.274 e. The summed E-state index contributed by atoms with van der Waals surface area (Å²) >= 11 is 0. The van der Waals surface area contributed by atoms with E-state index in [2.05, 4.69) is 0 Å². The highest BCUT2D eigenvalue weighted by atomic mass is 16.6. The van der Waals surface area contributed by atoms with Crippen molar-refractivity contribution < 1.29 is 19.3 Å². The monoisotopic (exact) mass is 417 g/mol. The Hall–Kier alpha value is -3.81. The number of hydrogen-bond acceptors (Lipinski definition) is 6. The second kappa shape index (κ2) is 6.60. The van der Waals surface area contributed by atoms with Gasteiger partial charge in [0.25, 0.3) is 5.69 Å². The van der Waals surface area contributed by atoms with Gasteiger partial charge < -0.3 is 4.90 Å². The van der Waals surface area contributed by atoms with Crippen molar-refractivity contribution in [1.29, 1.82) is 0 Å². The molecule has 0 N–H and O–H groups in total. The Bertz CT molecular complexity index is 1200. The van der Waals surface area contributed by atoms with Crippen molar-refractivity contribution in [2.24, 2.45) is 11.8 Å². The quantitative estimate of drug-likeness (QED) is 0.432. The van der Waals surface area contributed by atoms with Crippen LogP contribution in [0.2, 0.25) is 0 Å². The predicted octanol–water partition coefficient (Wildman–Crippen LogP) is 3.01. The molecule has 3 heterocycles. The maximum atomic E-state index is 13.6. The molecule has 4 atom stereocenters. The van der Waals surface area contributed by atoms with Gasteiger partial charge in [-0.2, -0.15) is 0 Å². The molecule has 3 aliphatic rings. The molecule has 0 aliphatic carbocycles. The lowest BCUT2D eigenvalue weighted by atomic mass is 9.84. The van der Waals surface area contributed by atoms with Gasteiger partial charge in [-0.25, -0.2) is 4.90 Å². The fraction of sp³-hybridized carbons (Fsp3) is 0.261. The Morgan fingerprint density at radius 2 is 1.74 bits per heavy atom. The van der Waals surface area contributed by atoms with Gasteiger partial charge >= 0.3 is 0 Å². The van der Waals surface area contributed by atoms with Gasteiger partial charge in [0, 0.05) is 12.3 Å². The number of carbonyl (C=O) groups excluding carboxylic acids is 3. The Kier molecular flexibility index (Phi) is 4.08. The summed E-state index contributed by atoms with van der Waals surface area (Å²) in [5.74, 6) is -2.70. The summed E-state index contributed by atoms with van der Waals surface area (Å²) < 4.78 is 0. The van der Waals surface area contributed by atoms with E-state index in [9.17, 15) is 24.5 Å². The molecule has 0 spiro atoms. The number of anilines is 1. The van der Waals surface area contributed by atoms with Gasteiger partial charge in [-0.05, 0) is 37.1 Å². The van der Waals surface area contributed by atoms with Gasteiger partial charge in [0.2, 0.25) is 11.8 Å². The predicted molar refractivity (Wildman–Crippen MR) is 112 cm³/mol. The SMILES string of the molecule is CC(=O)C1C2C(=O)N(c3cccc([N+](=O)[O-])c3C)C(=O)C2C2c3ccccc3C=CN12. The van der Waals surface area contributed by atoms with Gasteiger partial charge in [-0.1, -0.05) is 30.3 Å². The first-order chi connectivity index (χ1) is 14.8. The highest BCUT2D eigenvalue weighted by Crippen LogP contribution is 2.53. The van der Waals surface area contributed by atoms with Crippen molar-refractivity contribution >= 4 is 35.0 Å². The number of amides is 2. The summed E-state index contributed by atoms with van der Waals surface area (Å²) in [5.41, 5.74) is 2.12. The number of nitrogens with zero attached hydrogens (tertiary/aromatic N) is 3. The molecule has 5 rings (SSSR count). The average molecular weight is 417 g/mol. The number of benzene rings is 2. The van der Waals surface area contributed by atoms with Crippen LogP contribution in [-0.2, 0) is 14.4 Å². The van der Waals surface area contributed by atoms with Crippen molar-refractivity contribution in [3.05, 3.63) is 75.5 Å². The van der Waals surface area contributed by atoms with Crippen molar-refractivity contribution in [2.45, 2.75) is 25.9 Å². The molecule has 156 valence electrons. The fourth-order valence-corrected chi connectivity index (χ4v) is 5.31. The summed E-state index contributed by atoms with van der Waals surface area (Å²) in [6, 6.07) is 10.7. The van der Waals surface area contributed by atoms with Gasteiger partial charge in [0.05, 0.1) is 40.1 Å². The number of nitro groups is 1. The van der Waals surface area contributed by atoms with Crippen LogP contribution < -0.4 is 4.90 Å². The number of fused-ring (bicyclic) bond motifs is 5. The number of carbonyl (C=O) groups is 3. The van der Waals surface area contributed by atoms with Crippen LogP contribution in [0.15, 0.2) is 48.7 Å². The maximum absolute atomic E-state index is 13.6. The van der Waals surface area contributed by atoms with E-state index < -0.39 is 40.7 Å². The highest BCUT2D eigenvalue weighted by Gasteiger charge is 2.64. The molecule has 2 aromatic carbocycles. The molecule has 8 nitrogen and oxygen atoms in total. The van der Waals surface area contributed by atoms with Crippen molar-refractivity contribution in [3.8, 4) is 0 Å². The zero-order valence-corrected chi connectivity index (χ0v) is 16.9. The number of rotatable bonds is 3. The normalized spacial score (nSPS) is 26.0. The molecular weight excluding hydrogens is 398 g/mol. The molecule has 4 unspecified atom stereocenters. The molecule has 8 heteroatoms. The second-order valence-corrected chi connectivity index (χ2v) is 8.13. The summed E-state index contributed by atoms with van der Waals surface area (Å²) in [5, 5.41) is 11.4. The first-order valence-electron chi connectivity index (χ1n) is 9.99. The molecule has 0 radical (unpaired) electrons. The van der Waals surface area contributed by atoms with E-state index in [-0.39, 0.29) is 22.7 Å². The van der Waals surface area contributed by atoms with Crippen LogP contribution >= 0.6 is 0 Å². The highest BCUT2D eigenvalue weighted by molar-refractivity contribution is 6.24. The fourth-order valence-electron chi connectivity index (χ4n) is 5.31. The van der Waals surface area contributed by atoms with E-state index >= 15 is 0 Å². The largest absolute Gasteiger partial charge is 0.359 e. The van der Waals surface area contributed by atoms with E-state index in [0.29, 0.717) is 0 Å². The number of nitro benzene ring substituents is 1. The summed E-state index contributed by atoms with van der Waals surface area (Å²) in [7, 11) is 0. The van der Waals surface area contributed by atoms with E-state index in [4.69, 9.17) is 0 Å². The van der Waals surface area contributed by atoms with E-state index in [1.165, 1.54) is 32.0 Å². The molecule has 3 aliphatic heterocycles. The van der Waals surface area contributed by atoms with Gasteiger partial charge in [-0.15, -0.1) is 0 Å². The Morgan fingerprint density at radius 1 is 1.03 bits per heavy atom. The Morgan fingerprint density at radius 3 is 2.45 bits per heavy atom. The molecule has 0 bridgehead atoms. The lowest BCUT2D eigenvalue weighted by molar-refractivity contribution is -0.385. The van der Waals surface area contributed by atoms with Crippen LogP contribution in [0, 0.1) is 28.9 Å². The number of ketones is 1. The smallest absolute Gasteiger partial charge is 0.274 e. The van der Waals surface area contributed by atoms with Crippen molar-refractivity contribution in [1.82, 2.24) is 4.90 Å². The van der Waals surface area contributed by atoms with E-state index in [1.807, 2.05) is 35.2 Å². The van der Waals surface area contributed by atoms with E-state index in [0.717, 1.165) is 16.0 Å². The Balaban J connectivity index is 1.66. The first kappa shape index (κ1) is 19.2. The van der Waals surface area contributed by atoms with Gasteiger partial charge in [-0.3, -0.25) is 24.5 Å². The summed E-state index contributed by atoms with van der Waals surface area (Å²) in [6.07, 6.45) is 3.68. The zero-order chi connectivity index (χ0) is 22.0. The van der Waals surface area contributed by atoms with E-state index in [1.54, 1.807) is 6.20 Å². The third-order valence-corrected chi connectivity index (χ3v) is 6.59. The first-order valence-corrected chi connectivity index (χ1v) is 9.99. The topological polar surface area (TPSA) is 101 Å².